The number of aromatic nitrogens is 1. The monoisotopic (exact) mass is 257 g/mol. The van der Waals surface area contributed by atoms with Gasteiger partial charge in [-0.2, -0.15) is 0 Å². The van der Waals surface area contributed by atoms with Gasteiger partial charge in [-0.1, -0.05) is 11.8 Å². The van der Waals surface area contributed by atoms with Gasteiger partial charge in [0.2, 0.25) is 0 Å². The number of alkyl halides is 1. The second-order valence-corrected chi connectivity index (χ2v) is 5.17. The fraction of sp³-hybridized carbons (Fsp3) is 0.375. The summed E-state index contributed by atoms with van der Waals surface area (Å²) in [6, 6.07) is 6.46. The van der Waals surface area contributed by atoms with Crippen LogP contribution in [0.3, 0.4) is 0 Å². The maximum atomic E-state index is 5.63. The van der Waals surface area contributed by atoms with E-state index in [1.807, 2.05) is 0 Å². The Balaban J connectivity index is 2.03. The number of nitrogens with one attached hydrogen (secondary N) is 1. The fourth-order valence-corrected chi connectivity index (χ4v) is 2.79. The quantitative estimate of drug-likeness (QED) is 0.587. The molecule has 2 heteroatoms. The second kappa shape index (κ2) is 5.08. The zero-order valence-electron chi connectivity index (χ0n) is 10.4. The van der Waals surface area contributed by atoms with Gasteiger partial charge in [-0.3, -0.25) is 0 Å². The van der Waals surface area contributed by atoms with Crippen LogP contribution in [0.15, 0.2) is 18.2 Å². The predicted molar refractivity (Wildman–Crippen MR) is 77.2 cm³/mol. The highest BCUT2D eigenvalue weighted by Gasteiger charge is 2.14. The highest BCUT2D eigenvalue weighted by molar-refractivity contribution is 6.18. The third kappa shape index (κ3) is 2.13. The summed E-state index contributed by atoms with van der Waals surface area (Å²) in [7, 11) is 0. The molecule has 1 aliphatic carbocycles. The lowest BCUT2D eigenvalue weighted by molar-refractivity contribution is 0.680. The van der Waals surface area contributed by atoms with Gasteiger partial charge in [0, 0.05) is 34.5 Å². The number of halogens is 1. The summed E-state index contributed by atoms with van der Waals surface area (Å²) in [5.74, 6) is 6.89. The van der Waals surface area contributed by atoms with E-state index in [-0.39, 0.29) is 0 Å². The van der Waals surface area contributed by atoms with Crippen LogP contribution in [-0.4, -0.2) is 10.9 Å². The van der Waals surface area contributed by atoms with Crippen molar-refractivity contribution in [2.75, 3.05) is 5.88 Å². The molecule has 0 unspecified atom stereocenters. The zero-order valence-corrected chi connectivity index (χ0v) is 11.1. The topological polar surface area (TPSA) is 15.8 Å². The van der Waals surface area contributed by atoms with Crippen molar-refractivity contribution in [3.05, 3.63) is 35.0 Å². The van der Waals surface area contributed by atoms with Crippen molar-refractivity contribution in [1.82, 2.24) is 4.98 Å². The minimum atomic E-state index is 0.606. The molecule has 1 nitrogen and oxygen atoms in total. The lowest BCUT2D eigenvalue weighted by atomic mass is 9.95. The Morgan fingerprint density at radius 2 is 2.11 bits per heavy atom. The van der Waals surface area contributed by atoms with Crippen LogP contribution in [0.2, 0.25) is 0 Å². The third-order valence-electron chi connectivity index (χ3n) is 3.55. The van der Waals surface area contributed by atoms with E-state index < -0.39 is 0 Å². The van der Waals surface area contributed by atoms with E-state index >= 15 is 0 Å². The molecule has 2 aromatic rings. The average Bonchev–Trinajstić information content (AvgIpc) is 2.77. The second-order valence-electron chi connectivity index (χ2n) is 4.79. The molecule has 0 fully saturated rings. The minimum Gasteiger partial charge on any atom is -0.358 e. The first-order chi connectivity index (χ1) is 8.88. The number of aryl methyl sites for hydroxylation is 2. The van der Waals surface area contributed by atoms with E-state index in [1.165, 1.54) is 47.8 Å². The summed E-state index contributed by atoms with van der Waals surface area (Å²) >= 11 is 5.63. The molecule has 0 amide bonds. The molecule has 1 aromatic heterocycles. The molecule has 1 aromatic carbocycles. The molecule has 0 spiro atoms. The van der Waals surface area contributed by atoms with E-state index in [9.17, 15) is 0 Å². The van der Waals surface area contributed by atoms with Gasteiger partial charge >= 0.3 is 0 Å². The number of hydrogen-bond acceptors (Lipinski definition) is 0. The van der Waals surface area contributed by atoms with Gasteiger partial charge in [-0.25, -0.2) is 0 Å². The predicted octanol–water partition coefficient (Wildman–Crippen LogP) is 4.03. The van der Waals surface area contributed by atoms with Crippen LogP contribution in [0.4, 0.5) is 0 Å². The first kappa shape index (κ1) is 11.7. The summed E-state index contributed by atoms with van der Waals surface area (Å²) in [5, 5.41) is 1.36. The van der Waals surface area contributed by atoms with Gasteiger partial charge in [0.15, 0.2) is 0 Å². The molecule has 18 heavy (non-hydrogen) atoms. The summed E-state index contributed by atoms with van der Waals surface area (Å²) in [4.78, 5) is 3.54. The van der Waals surface area contributed by atoms with Crippen LogP contribution in [0.25, 0.3) is 10.9 Å². The number of benzene rings is 1. The van der Waals surface area contributed by atoms with Gasteiger partial charge in [-0.05, 0) is 49.4 Å². The number of hydrogen-bond donors (Lipinski definition) is 1. The molecule has 0 aliphatic heterocycles. The minimum absolute atomic E-state index is 0.606. The molecule has 0 bridgehead atoms. The van der Waals surface area contributed by atoms with Gasteiger partial charge in [0.1, 0.15) is 0 Å². The van der Waals surface area contributed by atoms with E-state index in [1.54, 1.807) is 0 Å². The third-order valence-corrected chi connectivity index (χ3v) is 3.74. The van der Waals surface area contributed by atoms with Crippen molar-refractivity contribution < 1.29 is 0 Å². The maximum Gasteiger partial charge on any atom is 0.0459 e. The molecule has 0 saturated carbocycles. The average molecular weight is 258 g/mol. The maximum absolute atomic E-state index is 5.63. The van der Waals surface area contributed by atoms with Crippen LogP contribution in [-0.2, 0) is 12.8 Å². The molecule has 0 radical (unpaired) electrons. The van der Waals surface area contributed by atoms with Crippen molar-refractivity contribution in [2.45, 2.75) is 32.1 Å². The van der Waals surface area contributed by atoms with Gasteiger partial charge < -0.3 is 4.98 Å². The summed E-state index contributed by atoms with van der Waals surface area (Å²) in [6.07, 6.45) is 5.76. The van der Waals surface area contributed by atoms with Crippen LogP contribution in [0.1, 0.15) is 36.1 Å². The fourth-order valence-electron chi connectivity index (χ4n) is 2.70. The van der Waals surface area contributed by atoms with Crippen molar-refractivity contribution in [3.63, 3.8) is 0 Å². The Hall–Kier alpha value is -1.39. The van der Waals surface area contributed by atoms with Crippen LogP contribution in [0, 0.1) is 11.8 Å². The lowest BCUT2D eigenvalue weighted by Crippen LogP contribution is -1.99. The molecule has 1 heterocycles. The molecular formula is C16H16ClN. The van der Waals surface area contributed by atoms with E-state index in [0.717, 1.165) is 12.0 Å². The standard InChI is InChI=1S/C16H16ClN/c17-10-4-3-5-12-8-9-16-14(11-12)13-6-1-2-7-15(13)18-16/h8-9,11,18H,1-2,4,6-7,10H2. The summed E-state index contributed by atoms with van der Waals surface area (Å²) < 4.78 is 0. The largest absolute Gasteiger partial charge is 0.358 e. The highest BCUT2D eigenvalue weighted by atomic mass is 35.5. The molecule has 0 saturated heterocycles. The molecule has 92 valence electrons. The normalized spacial score (nSPS) is 14.1. The highest BCUT2D eigenvalue weighted by Crippen LogP contribution is 2.29. The zero-order chi connectivity index (χ0) is 12.4. The van der Waals surface area contributed by atoms with Crippen molar-refractivity contribution in [3.8, 4) is 11.8 Å². The van der Waals surface area contributed by atoms with E-state index in [0.29, 0.717) is 5.88 Å². The number of fused-ring (bicyclic) bond motifs is 3. The Morgan fingerprint density at radius 1 is 1.22 bits per heavy atom. The Bertz CT molecular complexity index is 628. The smallest absolute Gasteiger partial charge is 0.0459 e. The van der Waals surface area contributed by atoms with Crippen molar-refractivity contribution >= 4 is 22.5 Å². The number of aromatic amines is 1. The summed E-state index contributed by atoms with van der Waals surface area (Å²) in [5.41, 5.74) is 5.30. The molecular weight excluding hydrogens is 242 g/mol. The number of rotatable bonds is 1. The van der Waals surface area contributed by atoms with Gasteiger partial charge in [0.05, 0.1) is 0 Å². The van der Waals surface area contributed by atoms with Gasteiger partial charge in [-0.15, -0.1) is 11.6 Å². The SMILES string of the molecule is ClCCC#Cc1ccc2[nH]c3c(c2c1)CCCC3. The lowest BCUT2D eigenvalue weighted by Gasteiger charge is -2.10. The first-order valence-electron chi connectivity index (χ1n) is 6.57. The molecule has 1 aliphatic rings. The molecule has 1 N–H and O–H groups in total. The van der Waals surface area contributed by atoms with E-state index in [4.69, 9.17) is 11.6 Å². The Kier molecular flexibility index (Phi) is 3.30. The first-order valence-corrected chi connectivity index (χ1v) is 7.10. The van der Waals surface area contributed by atoms with Crippen molar-refractivity contribution in [2.24, 2.45) is 0 Å². The van der Waals surface area contributed by atoms with Gasteiger partial charge in [0.25, 0.3) is 0 Å². The van der Waals surface area contributed by atoms with Crippen LogP contribution in [0.5, 0.6) is 0 Å². The van der Waals surface area contributed by atoms with E-state index in [2.05, 4.69) is 35.0 Å². The van der Waals surface area contributed by atoms with Crippen molar-refractivity contribution in [1.29, 1.82) is 0 Å². The Morgan fingerprint density at radius 3 is 3.00 bits per heavy atom. The Labute approximate surface area is 113 Å². The molecule has 0 atom stereocenters. The summed E-state index contributed by atoms with van der Waals surface area (Å²) in [6.45, 7) is 0. The number of H-pyrrole nitrogens is 1. The van der Waals surface area contributed by atoms with Crippen LogP contribution < -0.4 is 0 Å². The molecule has 3 rings (SSSR count). The van der Waals surface area contributed by atoms with Crippen LogP contribution >= 0.6 is 11.6 Å².